The van der Waals surface area contributed by atoms with Crippen molar-refractivity contribution in [2.75, 3.05) is 13.2 Å². The molecule has 0 aliphatic carbocycles. The summed E-state index contributed by atoms with van der Waals surface area (Å²) in [6.45, 7) is -1.29. The summed E-state index contributed by atoms with van der Waals surface area (Å²) in [7, 11) is -10.7. The second-order valence-electron chi connectivity index (χ2n) is 2.27. The predicted molar refractivity (Wildman–Crippen MR) is 54.4 cm³/mol. The maximum absolute atomic E-state index is 12.0. The number of rotatable bonds is 6. The molecule has 0 unspecified atom stereocenters. The van der Waals surface area contributed by atoms with Crippen LogP contribution in [-0.2, 0) is 18.2 Å². The normalized spacial score (nSPS) is 12.8. The predicted octanol–water partition coefficient (Wildman–Crippen LogP) is 1.24. The molecule has 0 spiro atoms. The summed E-state index contributed by atoms with van der Waals surface area (Å²) >= 11 is 0. The minimum Gasteiger partial charge on any atom is -0.853 e. The first-order valence-corrected chi connectivity index (χ1v) is 6.77. The molecular weight excluding hydrogens is 278 g/mol. The monoisotopic (exact) mass is 284 g/mol. The summed E-state index contributed by atoms with van der Waals surface area (Å²) < 4.78 is 56.1. The van der Waals surface area contributed by atoms with Crippen LogP contribution >= 0.6 is 15.5 Å². The first-order valence-electron chi connectivity index (χ1n) is 3.78. The van der Waals surface area contributed by atoms with E-state index in [-0.39, 0.29) is 0 Å². The van der Waals surface area contributed by atoms with E-state index in [4.69, 9.17) is 12.8 Å². The lowest BCUT2D eigenvalue weighted by Gasteiger charge is -2.20. The highest BCUT2D eigenvalue weighted by Gasteiger charge is 2.29. The highest BCUT2D eigenvalue weighted by atomic mass is 31.2. The summed E-state index contributed by atoms with van der Waals surface area (Å²) in [6, 6.07) is 0. The molecule has 0 aliphatic heterocycles. The molecule has 0 aliphatic rings. The van der Waals surface area contributed by atoms with Gasteiger partial charge in [0.25, 0.3) is 0 Å². The van der Waals surface area contributed by atoms with Crippen LogP contribution in [-0.4, -0.2) is 18.9 Å². The molecule has 0 aromatic carbocycles. The van der Waals surface area contributed by atoms with Gasteiger partial charge < -0.3 is 5.11 Å². The highest BCUT2D eigenvalue weighted by Crippen LogP contribution is 2.56. The summed E-state index contributed by atoms with van der Waals surface area (Å²) in [5.74, 6) is 3.68. The van der Waals surface area contributed by atoms with Gasteiger partial charge in [-0.25, -0.2) is 4.57 Å². The Morgan fingerprint density at radius 3 is 1.94 bits per heavy atom. The van der Waals surface area contributed by atoms with E-state index in [0.717, 1.165) is 0 Å². The molecule has 0 N–H and O–H groups in total. The number of terminal acetylenes is 2. The zero-order valence-electron chi connectivity index (χ0n) is 8.21. The van der Waals surface area contributed by atoms with Crippen molar-refractivity contribution in [3.05, 3.63) is 0 Å². The van der Waals surface area contributed by atoms with Gasteiger partial charge >= 0.3 is 15.5 Å². The quantitative estimate of drug-likeness (QED) is 0.317. The fraction of sp³-hybridized carbons (Fsp3) is 0.286. The molecule has 0 amide bonds. The standard InChI is InChI=1S/C7H7F2NO5P2/c1-3-5-14-16(12,15-6-4-2)7(11)10-17(8,9)13/h1-2H,5-6H2,(H,10,11,13)/p-1. The Kier molecular flexibility index (Phi) is 6.09. The number of hydrogen-bond acceptors (Lipinski definition) is 5. The maximum atomic E-state index is 12.0. The van der Waals surface area contributed by atoms with Gasteiger partial charge in [-0.3, -0.25) is 13.6 Å². The van der Waals surface area contributed by atoms with Gasteiger partial charge in [0.05, 0.1) is 5.64 Å². The van der Waals surface area contributed by atoms with E-state index < -0.39 is 34.4 Å². The van der Waals surface area contributed by atoms with Crippen LogP contribution in [0, 0.1) is 24.7 Å². The van der Waals surface area contributed by atoms with Gasteiger partial charge in [-0.15, -0.1) is 21.2 Å². The largest absolute Gasteiger partial charge is 0.853 e. The fourth-order valence-corrected chi connectivity index (χ4v) is 2.28. The average molecular weight is 284 g/mol. The lowest BCUT2D eigenvalue weighted by molar-refractivity contribution is -0.209. The average Bonchev–Trinajstić information content (AvgIpc) is 2.21. The molecule has 0 aromatic heterocycles. The molecule has 0 aromatic rings. The van der Waals surface area contributed by atoms with Gasteiger partial charge in [0.1, 0.15) is 13.2 Å². The molecule has 0 rings (SSSR count). The van der Waals surface area contributed by atoms with Crippen LogP contribution in [0.1, 0.15) is 0 Å². The molecule has 0 bridgehead atoms. The van der Waals surface area contributed by atoms with Gasteiger partial charge in [-0.1, -0.05) is 11.8 Å². The smallest absolute Gasteiger partial charge is 0.529 e. The third-order valence-electron chi connectivity index (χ3n) is 1.07. The zero-order chi connectivity index (χ0) is 13.5. The Morgan fingerprint density at radius 2 is 1.65 bits per heavy atom. The third-order valence-corrected chi connectivity index (χ3v) is 3.15. The Balaban J connectivity index is 5.13. The van der Waals surface area contributed by atoms with E-state index in [1.165, 1.54) is 0 Å². The van der Waals surface area contributed by atoms with Crippen LogP contribution in [0.4, 0.5) is 8.39 Å². The molecule has 17 heavy (non-hydrogen) atoms. The van der Waals surface area contributed by atoms with E-state index in [2.05, 4.69) is 9.05 Å². The van der Waals surface area contributed by atoms with Gasteiger partial charge in [0.15, 0.2) is 0 Å². The lowest BCUT2D eigenvalue weighted by Crippen LogP contribution is -2.20. The van der Waals surface area contributed by atoms with E-state index in [0.29, 0.717) is 0 Å². The number of nitrogens with zero attached hydrogens (tertiary/aromatic N) is 1. The van der Waals surface area contributed by atoms with E-state index in [1.807, 2.05) is 16.6 Å². The molecule has 6 nitrogen and oxygen atoms in total. The molecular formula is C7H6F2NO5P2-. The molecule has 0 heterocycles. The summed E-state index contributed by atoms with van der Waals surface area (Å²) in [6.07, 6.45) is 9.51. The van der Waals surface area contributed by atoms with Gasteiger partial charge in [0.2, 0.25) is 0 Å². The second-order valence-corrected chi connectivity index (χ2v) is 5.23. The van der Waals surface area contributed by atoms with Crippen LogP contribution in [0.2, 0.25) is 0 Å². The summed E-state index contributed by atoms with van der Waals surface area (Å²) in [5, 5.41) is 11.0. The van der Waals surface area contributed by atoms with Crippen LogP contribution in [0.5, 0.6) is 0 Å². The zero-order valence-corrected chi connectivity index (χ0v) is 10.00. The van der Waals surface area contributed by atoms with Crippen molar-refractivity contribution in [3.8, 4) is 24.7 Å². The molecule has 0 fully saturated rings. The van der Waals surface area contributed by atoms with E-state index in [1.54, 1.807) is 0 Å². The Hall–Kier alpha value is -1.17. The maximum Gasteiger partial charge on any atom is 0.529 e. The minimum atomic E-state index is -6.04. The molecule has 0 radical (unpaired) electrons. The molecule has 10 heteroatoms. The van der Waals surface area contributed by atoms with Crippen molar-refractivity contribution >= 4 is 21.1 Å². The Bertz CT molecular complexity index is 450. The second kappa shape index (κ2) is 6.54. The van der Waals surface area contributed by atoms with Crippen molar-refractivity contribution in [2.45, 2.75) is 0 Å². The summed E-state index contributed by atoms with van der Waals surface area (Å²) in [4.78, 5) is 0. The third kappa shape index (κ3) is 6.21. The highest BCUT2D eigenvalue weighted by molar-refractivity contribution is 7.72. The van der Waals surface area contributed by atoms with Crippen LogP contribution in [0.25, 0.3) is 0 Å². The van der Waals surface area contributed by atoms with Crippen molar-refractivity contribution in [2.24, 2.45) is 4.76 Å². The first kappa shape index (κ1) is 15.8. The first-order chi connectivity index (χ1) is 7.75. The minimum absolute atomic E-state index is 0.647. The van der Waals surface area contributed by atoms with E-state index in [9.17, 15) is 22.6 Å². The van der Waals surface area contributed by atoms with Crippen LogP contribution in [0.3, 0.4) is 0 Å². The topological polar surface area (TPSA) is 88.0 Å². The van der Waals surface area contributed by atoms with Crippen LogP contribution in [0.15, 0.2) is 4.76 Å². The van der Waals surface area contributed by atoms with E-state index >= 15 is 0 Å². The van der Waals surface area contributed by atoms with Crippen molar-refractivity contribution in [3.63, 3.8) is 0 Å². The Morgan fingerprint density at radius 1 is 1.24 bits per heavy atom. The van der Waals surface area contributed by atoms with Crippen molar-refractivity contribution in [1.29, 1.82) is 0 Å². The summed E-state index contributed by atoms with van der Waals surface area (Å²) in [5.41, 5.74) is -1.99. The lowest BCUT2D eigenvalue weighted by atomic mass is 10.8. The molecule has 94 valence electrons. The number of halogens is 2. The molecule has 0 atom stereocenters. The van der Waals surface area contributed by atoms with Gasteiger partial charge in [-0.2, -0.15) is 4.76 Å². The van der Waals surface area contributed by atoms with Gasteiger partial charge in [-0.05, 0) is 0 Å². The van der Waals surface area contributed by atoms with Gasteiger partial charge in [0, 0.05) is 0 Å². The fourth-order valence-electron chi connectivity index (χ4n) is 0.547. The Labute approximate surface area is 96.2 Å². The molecule has 0 saturated carbocycles. The SMILES string of the molecule is C#CCOP(=O)(OCC#C)/C([O-])=N/P(=O)(F)F. The van der Waals surface area contributed by atoms with Crippen LogP contribution < -0.4 is 5.11 Å². The van der Waals surface area contributed by atoms with Crippen molar-refractivity contribution in [1.82, 2.24) is 0 Å². The molecule has 0 saturated heterocycles. The van der Waals surface area contributed by atoms with Crippen molar-refractivity contribution < 1.29 is 31.7 Å². The number of hydrogen-bond donors (Lipinski definition) is 0.